The Hall–Kier alpha value is -1.45. The topological polar surface area (TPSA) is 59.1 Å². The van der Waals surface area contributed by atoms with Crippen molar-refractivity contribution in [2.24, 2.45) is 5.73 Å². The summed E-state index contributed by atoms with van der Waals surface area (Å²) in [4.78, 5) is 4.47. The molecule has 1 aromatic carbocycles. The molecule has 0 unspecified atom stereocenters. The Bertz CT molecular complexity index is 456. The second kappa shape index (κ2) is 4.38. The van der Waals surface area contributed by atoms with Crippen LogP contribution in [0.1, 0.15) is 5.69 Å². The van der Waals surface area contributed by atoms with Gasteiger partial charge in [0.1, 0.15) is 0 Å². The van der Waals surface area contributed by atoms with Gasteiger partial charge >= 0.3 is 0 Å². The normalized spacial score (nSPS) is 12.9. The summed E-state index contributed by atoms with van der Waals surface area (Å²) in [5.74, 6) is 0. The van der Waals surface area contributed by atoms with Crippen LogP contribution >= 0.6 is 0 Å². The molecule has 0 fully saturated rings. The lowest BCUT2D eigenvalue weighted by molar-refractivity contribution is 0.264. The van der Waals surface area contributed by atoms with Crippen molar-refractivity contribution in [2.75, 3.05) is 6.61 Å². The monoisotopic (exact) mass is 202 g/mol. The van der Waals surface area contributed by atoms with Crippen LogP contribution in [0.2, 0.25) is 0 Å². The Balaban J connectivity index is 2.30. The number of hydrogen-bond donors (Lipinski definition) is 2. The molecule has 1 aromatic heterocycles. The van der Waals surface area contributed by atoms with E-state index in [-0.39, 0.29) is 12.6 Å². The standard InChI is InChI=1S/C12H14N2O/c13-10(8-15)7-11-6-5-9-3-1-2-4-12(9)14-11/h1-6,10,15H,7-8,13H2/t10-/m0/s1. The van der Waals surface area contributed by atoms with Gasteiger partial charge in [-0.1, -0.05) is 24.3 Å². The molecule has 0 spiro atoms. The van der Waals surface area contributed by atoms with E-state index in [9.17, 15) is 0 Å². The van der Waals surface area contributed by atoms with Crippen molar-refractivity contribution in [3.63, 3.8) is 0 Å². The summed E-state index contributed by atoms with van der Waals surface area (Å²) in [5.41, 5.74) is 7.56. The third-order valence-corrected chi connectivity index (χ3v) is 2.36. The van der Waals surface area contributed by atoms with Crippen molar-refractivity contribution >= 4 is 10.9 Å². The second-order valence-electron chi connectivity index (χ2n) is 3.64. The maximum absolute atomic E-state index is 8.86. The SMILES string of the molecule is N[C@H](CO)Cc1ccc2ccccc2n1. The Morgan fingerprint density at radius 3 is 2.80 bits per heavy atom. The van der Waals surface area contributed by atoms with Gasteiger partial charge in [0.05, 0.1) is 12.1 Å². The Morgan fingerprint density at radius 1 is 1.20 bits per heavy atom. The van der Waals surface area contributed by atoms with Gasteiger partial charge in [-0.15, -0.1) is 0 Å². The van der Waals surface area contributed by atoms with E-state index in [1.54, 1.807) is 0 Å². The molecule has 0 radical (unpaired) electrons. The third-order valence-electron chi connectivity index (χ3n) is 2.36. The maximum Gasteiger partial charge on any atom is 0.0705 e. The van der Waals surface area contributed by atoms with Crippen molar-refractivity contribution in [1.82, 2.24) is 4.98 Å². The summed E-state index contributed by atoms with van der Waals surface area (Å²) in [6.07, 6.45) is 0.612. The van der Waals surface area contributed by atoms with E-state index in [1.165, 1.54) is 0 Å². The lowest BCUT2D eigenvalue weighted by atomic mass is 10.1. The fourth-order valence-corrected chi connectivity index (χ4v) is 1.56. The zero-order chi connectivity index (χ0) is 10.7. The van der Waals surface area contributed by atoms with E-state index < -0.39 is 0 Å². The Kier molecular flexibility index (Phi) is 2.94. The fraction of sp³-hybridized carbons (Fsp3) is 0.250. The molecule has 1 atom stereocenters. The number of aliphatic hydroxyl groups excluding tert-OH is 1. The number of rotatable bonds is 3. The minimum atomic E-state index is -0.223. The average Bonchev–Trinajstić information content (AvgIpc) is 2.29. The van der Waals surface area contributed by atoms with Gasteiger partial charge in [0.15, 0.2) is 0 Å². The number of benzene rings is 1. The number of para-hydroxylation sites is 1. The first-order chi connectivity index (χ1) is 7.29. The predicted molar refractivity (Wildman–Crippen MR) is 60.5 cm³/mol. The molecule has 0 amide bonds. The minimum absolute atomic E-state index is 0.00545. The molecule has 0 bridgehead atoms. The van der Waals surface area contributed by atoms with Gasteiger partial charge in [0.2, 0.25) is 0 Å². The maximum atomic E-state index is 8.86. The lowest BCUT2D eigenvalue weighted by Gasteiger charge is -2.07. The number of aliphatic hydroxyl groups is 1. The molecule has 2 rings (SSSR count). The van der Waals surface area contributed by atoms with Crippen LogP contribution in [-0.4, -0.2) is 22.7 Å². The molecule has 0 aliphatic carbocycles. The van der Waals surface area contributed by atoms with Crippen molar-refractivity contribution in [1.29, 1.82) is 0 Å². The summed E-state index contributed by atoms with van der Waals surface area (Å²) in [6, 6.07) is 11.7. The molecule has 2 aromatic rings. The highest BCUT2D eigenvalue weighted by molar-refractivity contribution is 5.78. The molecule has 0 aliphatic heterocycles. The largest absolute Gasteiger partial charge is 0.395 e. The van der Waals surface area contributed by atoms with Crippen LogP contribution in [0.25, 0.3) is 10.9 Å². The van der Waals surface area contributed by atoms with Gasteiger partial charge in [0.25, 0.3) is 0 Å². The van der Waals surface area contributed by atoms with E-state index in [2.05, 4.69) is 4.98 Å². The van der Waals surface area contributed by atoms with Crippen LogP contribution in [0.3, 0.4) is 0 Å². The highest BCUT2D eigenvalue weighted by atomic mass is 16.3. The van der Waals surface area contributed by atoms with Crippen LogP contribution in [0.15, 0.2) is 36.4 Å². The third kappa shape index (κ3) is 2.32. The summed E-state index contributed by atoms with van der Waals surface area (Å²) in [5, 5.41) is 9.98. The van der Waals surface area contributed by atoms with E-state index >= 15 is 0 Å². The van der Waals surface area contributed by atoms with Crippen molar-refractivity contribution in [3.8, 4) is 0 Å². The first-order valence-corrected chi connectivity index (χ1v) is 5.00. The van der Waals surface area contributed by atoms with Crippen molar-refractivity contribution in [2.45, 2.75) is 12.5 Å². The fourth-order valence-electron chi connectivity index (χ4n) is 1.56. The van der Waals surface area contributed by atoms with Gasteiger partial charge in [-0.2, -0.15) is 0 Å². The van der Waals surface area contributed by atoms with Crippen molar-refractivity contribution in [3.05, 3.63) is 42.1 Å². The molecule has 0 aliphatic rings. The highest BCUT2D eigenvalue weighted by Gasteiger charge is 2.04. The van der Waals surface area contributed by atoms with Crippen LogP contribution in [0.5, 0.6) is 0 Å². The van der Waals surface area contributed by atoms with E-state index in [0.717, 1.165) is 16.6 Å². The van der Waals surface area contributed by atoms with Crippen molar-refractivity contribution < 1.29 is 5.11 Å². The van der Waals surface area contributed by atoms with Crippen LogP contribution < -0.4 is 5.73 Å². The molecule has 3 nitrogen and oxygen atoms in total. The smallest absolute Gasteiger partial charge is 0.0705 e. The summed E-state index contributed by atoms with van der Waals surface area (Å²) in [7, 11) is 0. The van der Waals surface area contributed by atoms with Gasteiger partial charge < -0.3 is 10.8 Å². The molecule has 3 heteroatoms. The van der Waals surface area contributed by atoms with Gasteiger partial charge in [-0.25, -0.2) is 0 Å². The molecular weight excluding hydrogens is 188 g/mol. The summed E-state index contributed by atoms with van der Waals surface area (Å²) in [6.45, 7) is -0.00545. The molecule has 15 heavy (non-hydrogen) atoms. The van der Waals surface area contributed by atoms with Crippen LogP contribution in [0, 0.1) is 0 Å². The quantitative estimate of drug-likeness (QED) is 0.783. The van der Waals surface area contributed by atoms with Gasteiger partial charge in [-0.05, 0) is 12.1 Å². The predicted octanol–water partition coefficient (Wildman–Crippen LogP) is 1.10. The Morgan fingerprint density at radius 2 is 2.00 bits per heavy atom. The van der Waals surface area contributed by atoms with Crippen LogP contribution in [-0.2, 0) is 6.42 Å². The molecule has 78 valence electrons. The van der Waals surface area contributed by atoms with Gasteiger partial charge in [-0.3, -0.25) is 4.98 Å². The number of nitrogens with two attached hydrogens (primary N) is 1. The molecular formula is C12H14N2O. The second-order valence-corrected chi connectivity index (χ2v) is 3.64. The first-order valence-electron chi connectivity index (χ1n) is 5.00. The lowest BCUT2D eigenvalue weighted by Crippen LogP contribution is -2.27. The number of fused-ring (bicyclic) bond motifs is 1. The average molecular weight is 202 g/mol. The van der Waals surface area contributed by atoms with Gasteiger partial charge in [0, 0.05) is 23.5 Å². The number of nitrogens with zero attached hydrogens (tertiary/aromatic N) is 1. The molecule has 3 N–H and O–H groups in total. The Labute approximate surface area is 88.6 Å². The zero-order valence-electron chi connectivity index (χ0n) is 8.43. The zero-order valence-corrected chi connectivity index (χ0v) is 8.43. The van der Waals surface area contributed by atoms with E-state index in [1.807, 2.05) is 36.4 Å². The summed E-state index contributed by atoms with van der Waals surface area (Å²) < 4.78 is 0. The highest BCUT2D eigenvalue weighted by Crippen LogP contribution is 2.12. The number of hydrogen-bond acceptors (Lipinski definition) is 3. The molecule has 0 saturated heterocycles. The molecule has 0 saturated carbocycles. The minimum Gasteiger partial charge on any atom is -0.395 e. The number of aromatic nitrogens is 1. The van der Waals surface area contributed by atoms with Crippen LogP contribution in [0.4, 0.5) is 0 Å². The molecule has 1 heterocycles. The van der Waals surface area contributed by atoms with E-state index in [0.29, 0.717) is 6.42 Å². The first kappa shape index (κ1) is 10.1. The summed E-state index contributed by atoms with van der Waals surface area (Å²) >= 11 is 0. The van der Waals surface area contributed by atoms with E-state index in [4.69, 9.17) is 10.8 Å². The number of pyridine rings is 1.